The minimum atomic E-state index is -0.557. The monoisotopic (exact) mass is 429 g/mol. The fraction of sp³-hybridized carbons (Fsp3) is 0.294. The molecule has 0 spiro atoms. The van der Waals surface area contributed by atoms with Crippen LogP contribution in [-0.2, 0) is 23.9 Å². The standard InChI is InChI=1S/C17H16ClNO6S2/c1-3-24-15(21)9-25-12-5-4-10(6-11(12)18)7-13-16(22)19(17(26)27-13)8-14(20)23-2/h4-7H,3,8-9H2,1-2H3/b13-7-. The number of rotatable bonds is 7. The van der Waals surface area contributed by atoms with E-state index in [4.69, 9.17) is 33.3 Å². The Morgan fingerprint density at radius 1 is 1.33 bits per heavy atom. The molecule has 1 saturated heterocycles. The Labute approximate surface area is 170 Å². The summed E-state index contributed by atoms with van der Waals surface area (Å²) in [4.78, 5) is 36.7. The molecule has 7 nitrogen and oxygen atoms in total. The molecule has 1 heterocycles. The molecule has 27 heavy (non-hydrogen) atoms. The summed E-state index contributed by atoms with van der Waals surface area (Å²) < 4.78 is 14.9. The number of hydrogen-bond donors (Lipinski definition) is 0. The molecule has 1 aromatic carbocycles. The molecular formula is C17H16ClNO6S2. The lowest BCUT2D eigenvalue weighted by molar-refractivity contribution is -0.145. The predicted molar refractivity (Wildman–Crippen MR) is 105 cm³/mol. The Balaban J connectivity index is 2.09. The second-order valence-electron chi connectivity index (χ2n) is 5.13. The number of thiocarbonyl (C=S) groups is 1. The van der Waals surface area contributed by atoms with E-state index in [0.717, 1.165) is 11.8 Å². The van der Waals surface area contributed by atoms with Gasteiger partial charge in [-0.05, 0) is 30.7 Å². The lowest BCUT2D eigenvalue weighted by Crippen LogP contribution is -2.33. The van der Waals surface area contributed by atoms with Gasteiger partial charge in [-0.3, -0.25) is 14.5 Å². The number of halogens is 1. The van der Waals surface area contributed by atoms with Crippen LogP contribution in [0.25, 0.3) is 6.08 Å². The molecule has 144 valence electrons. The third kappa shape index (κ3) is 5.69. The number of esters is 2. The highest BCUT2D eigenvalue weighted by molar-refractivity contribution is 8.26. The molecule has 0 bridgehead atoms. The zero-order chi connectivity index (χ0) is 20.0. The summed E-state index contributed by atoms with van der Waals surface area (Å²) in [5.74, 6) is -1.11. The number of nitrogens with zero attached hydrogens (tertiary/aromatic N) is 1. The molecule has 0 atom stereocenters. The second-order valence-corrected chi connectivity index (χ2v) is 7.21. The highest BCUT2D eigenvalue weighted by atomic mass is 35.5. The van der Waals surface area contributed by atoms with E-state index in [0.29, 0.717) is 16.2 Å². The molecule has 1 amide bonds. The molecule has 10 heteroatoms. The minimum Gasteiger partial charge on any atom is -0.480 e. The maximum Gasteiger partial charge on any atom is 0.344 e. The summed E-state index contributed by atoms with van der Waals surface area (Å²) in [5.41, 5.74) is 0.641. The van der Waals surface area contributed by atoms with Crippen LogP contribution < -0.4 is 4.74 Å². The van der Waals surface area contributed by atoms with Crippen molar-refractivity contribution in [3.05, 3.63) is 33.7 Å². The molecule has 2 rings (SSSR count). The molecule has 0 N–H and O–H groups in total. The maximum atomic E-state index is 12.4. The number of ether oxygens (including phenoxy) is 3. The Morgan fingerprint density at radius 3 is 2.70 bits per heavy atom. The van der Waals surface area contributed by atoms with Crippen LogP contribution in [0.1, 0.15) is 12.5 Å². The first-order valence-electron chi connectivity index (χ1n) is 7.75. The second kappa shape index (κ2) is 9.72. The van der Waals surface area contributed by atoms with Gasteiger partial charge in [0.2, 0.25) is 0 Å². The molecule has 0 aromatic heterocycles. The normalized spacial score (nSPS) is 15.2. The van der Waals surface area contributed by atoms with Crippen molar-refractivity contribution in [2.24, 2.45) is 0 Å². The summed E-state index contributed by atoms with van der Waals surface area (Å²) in [6, 6.07) is 4.86. The maximum absolute atomic E-state index is 12.4. The summed E-state index contributed by atoms with van der Waals surface area (Å²) in [5, 5.41) is 0.276. The van der Waals surface area contributed by atoms with E-state index in [2.05, 4.69) is 4.74 Å². The van der Waals surface area contributed by atoms with Gasteiger partial charge in [0.25, 0.3) is 5.91 Å². The van der Waals surface area contributed by atoms with E-state index in [1.54, 1.807) is 31.2 Å². The van der Waals surface area contributed by atoms with Crippen LogP contribution in [0, 0.1) is 0 Å². The Morgan fingerprint density at radius 2 is 2.07 bits per heavy atom. The Bertz CT molecular complexity index is 811. The van der Waals surface area contributed by atoms with Crippen molar-refractivity contribution in [3.63, 3.8) is 0 Å². The van der Waals surface area contributed by atoms with Crippen molar-refractivity contribution in [1.29, 1.82) is 0 Å². The van der Waals surface area contributed by atoms with Gasteiger partial charge in [0.05, 0.1) is 23.6 Å². The van der Waals surface area contributed by atoms with Crippen LogP contribution in [0.3, 0.4) is 0 Å². The van der Waals surface area contributed by atoms with E-state index < -0.39 is 11.9 Å². The SMILES string of the molecule is CCOC(=O)COc1ccc(/C=C2\SC(=S)N(CC(=O)OC)C2=O)cc1Cl. The molecule has 0 aliphatic carbocycles. The first kappa shape index (κ1) is 21.2. The third-order valence-corrected chi connectivity index (χ3v) is 4.97. The van der Waals surface area contributed by atoms with Crippen molar-refractivity contribution >= 4 is 63.8 Å². The molecule has 0 radical (unpaired) electrons. The van der Waals surface area contributed by atoms with Crippen LogP contribution in [0.15, 0.2) is 23.1 Å². The zero-order valence-electron chi connectivity index (χ0n) is 14.5. The summed E-state index contributed by atoms with van der Waals surface area (Å²) >= 11 is 12.4. The van der Waals surface area contributed by atoms with Crippen LogP contribution in [0.4, 0.5) is 0 Å². The van der Waals surface area contributed by atoms with Crippen molar-refractivity contribution in [2.45, 2.75) is 6.92 Å². The molecule has 1 aliphatic rings. The lowest BCUT2D eigenvalue weighted by Gasteiger charge is -2.11. The average Bonchev–Trinajstić information content (AvgIpc) is 2.88. The van der Waals surface area contributed by atoms with Crippen LogP contribution >= 0.6 is 35.6 Å². The van der Waals surface area contributed by atoms with E-state index in [1.165, 1.54) is 12.0 Å². The van der Waals surface area contributed by atoms with Gasteiger partial charge >= 0.3 is 11.9 Å². The molecular weight excluding hydrogens is 414 g/mol. The van der Waals surface area contributed by atoms with Gasteiger partial charge < -0.3 is 14.2 Å². The largest absolute Gasteiger partial charge is 0.480 e. The van der Waals surface area contributed by atoms with Crippen LogP contribution in [0.5, 0.6) is 5.75 Å². The predicted octanol–water partition coefficient (Wildman–Crippen LogP) is 2.66. The number of carbonyl (C=O) groups excluding carboxylic acids is 3. The quantitative estimate of drug-likeness (QED) is 0.371. The van der Waals surface area contributed by atoms with Gasteiger partial charge in [-0.25, -0.2) is 4.79 Å². The number of amides is 1. The fourth-order valence-corrected chi connectivity index (χ4v) is 3.54. The third-order valence-electron chi connectivity index (χ3n) is 3.29. The van der Waals surface area contributed by atoms with Gasteiger partial charge in [0.1, 0.15) is 16.6 Å². The van der Waals surface area contributed by atoms with Crippen molar-refractivity contribution in [3.8, 4) is 5.75 Å². The van der Waals surface area contributed by atoms with Crippen molar-refractivity contribution in [2.75, 3.05) is 26.9 Å². The molecule has 0 unspecified atom stereocenters. The number of methoxy groups -OCH3 is 1. The summed E-state index contributed by atoms with van der Waals surface area (Å²) in [6.07, 6.45) is 1.61. The zero-order valence-corrected chi connectivity index (χ0v) is 16.9. The lowest BCUT2D eigenvalue weighted by atomic mass is 10.2. The molecule has 1 aliphatic heterocycles. The summed E-state index contributed by atoms with van der Waals surface area (Å²) in [6.45, 7) is 1.48. The van der Waals surface area contributed by atoms with Gasteiger partial charge in [-0.1, -0.05) is 41.6 Å². The number of carbonyl (C=O) groups is 3. The average molecular weight is 430 g/mol. The van der Waals surface area contributed by atoms with E-state index >= 15 is 0 Å². The van der Waals surface area contributed by atoms with Gasteiger partial charge in [-0.2, -0.15) is 0 Å². The Kier molecular flexibility index (Phi) is 7.64. The number of thioether (sulfide) groups is 1. The van der Waals surface area contributed by atoms with Gasteiger partial charge in [-0.15, -0.1) is 0 Å². The first-order chi connectivity index (χ1) is 12.8. The van der Waals surface area contributed by atoms with E-state index in [9.17, 15) is 14.4 Å². The van der Waals surface area contributed by atoms with E-state index in [1.807, 2.05) is 0 Å². The highest BCUT2D eigenvalue weighted by Crippen LogP contribution is 2.34. The molecule has 1 aromatic rings. The van der Waals surface area contributed by atoms with E-state index in [-0.39, 0.29) is 35.0 Å². The fourth-order valence-electron chi connectivity index (χ4n) is 2.04. The van der Waals surface area contributed by atoms with Gasteiger partial charge in [0.15, 0.2) is 6.61 Å². The van der Waals surface area contributed by atoms with Crippen molar-refractivity contribution in [1.82, 2.24) is 4.90 Å². The first-order valence-corrected chi connectivity index (χ1v) is 9.36. The topological polar surface area (TPSA) is 82.1 Å². The van der Waals surface area contributed by atoms with Crippen LogP contribution in [0.2, 0.25) is 5.02 Å². The number of hydrogen-bond acceptors (Lipinski definition) is 8. The highest BCUT2D eigenvalue weighted by Gasteiger charge is 2.33. The smallest absolute Gasteiger partial charge is 0.344 e. The molecule has 0 saturated carbocycles. The van der Waals surface area contributed by atoms with Crippen molar-refractivity contribution < 1.29 is 28.6 Å². The Hall–Kier alpha value is -2.10. The van der Waals surface area contributed by atoms with Gasteiger partial charge in [0, 0.05) is 0 Å². The minimum absolute atomic E-state index is 0.236. The summed E-state index contributed by atoms with van der Waals surface area (Å²) in [7, 11) is 1.24. The van der Waals surface area contributed by atoms with Crippen LogP contribution in [-0.4, -0.2) is 53.9 Å². The molecule has 1 fully saturated rings. The number of benzene rings is 1.